The molecule has 0 bridgehead atoms. The van der Waals surface area contributed by atoms with Crippen LogP contribution >= 0.6 is 0 Å². The van der Waals surface area contributed by atoms with Gasteiger partial charge in [-0.15, -0.1) is 5.06 Å². The summed E-state index contributed by atoms with van der Waals surface area (Å²) in [4.78, 5) is 41.3. The molecular weight excluding hydrogens is 306 g/mol. The molecule has 118 valence electrons. The van der Waals surface area contributed by atoms with Gasteiger partial charge < -0.3 is 4.84 Å². The number of hydrogen-bond acceptors (Lipinski definition) is 4. The second-order valence-corrected chi connectivity index (χ2v) is 5.65. The van der Waals surface area contributed by atoms with E-state index in [-0.39, 0.29) is 12.8 Å². The van der Waals surface area contributed by atoms with E-state index in [1.807, 2.05) is 54.6 Å². The van der Waals surface area contributed by atoms with Crippen LogP contribution in [0.5, 0.6) is 0 Å². The van der Waals surface area contributed by atoms with Crippen LogP contribution < -0.4 is 0 Å². The maximum absolute atomic E-state index is 12.8. The SMILES string of the molecule is O=C(ON1C(=O)CCC1=O)c1c2ccccc2cc2ccccc12. The molecule has 0 spiro atoms. The predicted octanol–water partition coefficient (Wildman–Crippen LogP) is 3.21. The molecule has 0 radical (unpaired) electrons. The van der Waals surface area contributed by atoms with Gasteiger partial charge in [-0.1, -0.05) is 48.5 Å². The van der Waals surface area contributed by atoms with Gasteiger partial charge in [0.05, 0.1) is 5.56 Å². The average molecular weight is 319 g/mol. The van der Waals surface area contributed by atoms with E-state index in [4.69, 9.17) is 4.84 Å². The molecule has 0 aromatic heterocycles. The van der Waals surface area contributed by atoms with Crippen molar-refractivity contribution in [3.63, 3.8) is 0 Å². The zero-order valence-corrected chi connectivity index (χ0v) is 12.7. The van der Waals surface area contributed by atoms with Gasteiger partial charge in [-0.2, -0.15) is 0 Å². The van der Waals surface area contributed by atoms with Gasteiger partial charge in [-0.3, -0.25) is 9.59 Å². The first-order valence-corrected chi connectivity index (χ1v) is 7.64. The van der Waals surface area contributed by atoms with Crippen molar-refractivity contribution < 1.29 is 19.2 Å². The molecule has 1 aliphatic heterocycles. The van der Waals surface area contributed by atoms with E-state index in [1.165, 1.54) is 0 Å². The Hall–Kier alpha value is -3.21. The largest absolute Gasteiger partial charge is 0.365 e. The summed E-state index contributed by atoms with van der Waals surface area (Å²) in [6.45, 7) is 0. The first kappa shape index (κ1) is 14.4. The zero-order valence-electron chi connectivity index (χ0n) is 12.7. The molecule has 1 aliphatic rings. The molecule has 2 amide bonds. The first-order chi connectivity index (χ1) is 11.6. The predicted molar refractivity (Wildman–Crippen MR) is 88.0 cm³/mol. The van der Waals surface area contributed by atoms with E-state index in [2.05, 4.69) is 0 Å². The molecule has 1 heterocycles. The Morgan fingerprint density at radius 2 is 1.33 bits per heavy atom. The minimum atomic E-state index is -0.702. The highest BCUT2D eigenvalue weighted by molar-refractivity contribution is 6.17. The average Bonchev–Trinajstić information content (AvgIpc) is 2.91. The number of imide groups is 1. The van der Waals surface area contributed by atoms with Gasteiger partial charge in [0.15, 0.2) is 0 Å². The lowest BCUT2D eigenvalue weighted by Gasteiger charge is -2.15. The van der Waals surface area contributed by atoms with Crippen molar-refractivity contribution in [2.24, 2.45) is 0 Å². The molecule has 0 aliphatic carbocycles. The lowest BCUT2D eigenvalue weighted by atomic mass is 9.97. The van der Waals surface area contributed by atoms with Gasteiger partial charge in [-0.05, 0) is 27.6 Å². The number of benzene rings is 3. The third-order valence-corrected chi connectivity index (χ3v) is 4.16. The van der Waals surface area contributed by atoms with Gasteiger partial charge in [0.1, 0.15) is 0 Å². The monoisotopic (exact) mass is 319 g/mol. The number of amides is 2. The third kappa shape index (κ3) is 2.22. The molecule has 0 saturated carbocycles. The minimum Gasteiger partial charge on any atom is -0.325 e. The Kier molecular flexibility index (Phi) is 3.27. The Morgan fingerprint density at radius 1 is 0.833 bits per heavy atom. The highest BCUT2D eigenvalue weighted by Gasteiger charge is 2.33. The first-order valence-electron chi connectivity index (χ1n) is 7.64. The van der Waals surface area contributed by atoms with Gasteiger partial charge in [-0.25, -0.2) is 4.79 Å². The van der Waals surface area contributed by atoms with E-state index in [0.29, 0.717) is 10.6 Å². The van der Waals surface area contributed by atoms with Gasteiger partial charge in [0, 0.05) is 12.8 Å². The summed E-state index contributed by atoms with van der Waals surface area (Å²) in [5.41, 5.74) is 0.358. The number of carbonyl (C=O) groups excluding carboxylic acids is 3. The molecule has 1 saturated heterocycles. The highest BCUT2D eigenvalue weighted by Crippen LogP contribution is 2.29. The second-order valence-electron chi connectivity index (χ2n) is 5.65. The van der Waals surface area contributed by atoms with Crippen molar-refractivity contribution in [3.8, 4) is 0 Å². The molecule has 5 nitrogen and oxygen atoms in total. The molecule has 24 heavy (non-hydrogen) atoms. The van der Waals surface area contributed by atoms with Crippen LogP contribution in [-0.2, 0) is 14.4 Å². The smallest absolute Gasteiger partial charge is 0.325 e. The molecule has 5 heteroatoms. The quantitative estimate of drug-likeness (QED) is 0.537. The van der Waals surface area contributed by atoms with Gasteiger partial charge in [0.2, 0.25) is 0 Å². The third-order valence-electron chi connectivity index (χ3n) is 4.16. The van der Waals surface area contributed by atoms with Crippen LogP contribution in [0.2, 0.25) is 0 Å². The molecule has 0 N–H and O–H groups in total. The number of carbonyl (C=O) groups is 3. The molecule has 1 fully saturated rings. The van der Waals surface area contributed by atoms with Crippen LogP contribution in [0, 0.1) is 0 Å². The van der Waals surface area contributed by atoms with Crippen LogP contribution in [0.4, 0.5) is 0 Å². The summed E-state index contributed by atoms with van der Waals surface area (Å²) in [5.74, 6) is -1.68. The number of hydroxylamine groups is 2. The molecule has 3 aromatic rings. The Bertz CT molecular complexity index is 939. The maximum Gasteiger partial charge on any atom is 0.365 e. The number of hydrogen-bond donors (Lipinski definition) is 0. The van der Waals surface area contributed by atoms with E-state index in [9.17, 15) is 14.4 Å². The lowest BCUT2D eigenvalue weighted by molar-refractivity contribution is -0.172. The Morgan fingerprint density at radius 3 is 1.88 bits per heavy atom. The lowest BCUT2D eigenvalue weighted by Crippen LogP contribution is -2.32. The fraction of sp³-hybridized carbons (Fsp3) is 0.105. The van der Waals surface area contributed by atoms with Crippen molar-refractivity contribution >= 4 is 39.3 Å². The van der Waals surface area contributed by atoms with Crippen molar-refractivity contribution in [3.05, 3.63) is 60.2 Å². The summed E-state index contributed by atoms with van der Waals surface area (Å²) < 4.78 is 0. The molecule has 3 aromatic carbocycles. The summed E-state index contributed by atoms with van der Waals surface area (Å²) in [7, 11) is 0. The fourth-order valence-corrected chi connectivity index (χ4v) is 3.02. The van der Waals surface area contributed by atoms with Crippen LogP contribution in [0.1, 0.15) is 23.2 Å². The van der Waals surface area contributed by atoms with E-state index >= 15 is 0 Å². The summed E-state index contributed by atoms with van der Waals surface area (Å²) >= 11 is 0. The molecule has 4 rings (SSSR count). The molecule has 0 unspecified atom stereocenters. The number of rotatable bonds is 2. The van der Waals surface area contributed by atoms with E-state index in [1.54, 1.807) is 0 Å². The van der Waals surface area contributed by atoms with Gasteiger partial charge >= 0.3 is 5.97 Å². The standard InChI is InChI=1S/C19H13NO4/c21-16-9-10-17(22)20(16)24-19(23)18-14-7-3-1-5-12(14)11-13-6-2-4-8-15(13)18/h1-8,11H,9-10H2. The number of fused-ring (bicyclic) bond motifs is 2. The van der Waals surface area contributed by atoms with Crippen LogP contribution in [0.25, 0.3) is 21.5 Å². The maximum atomic E-state index is 12.8. The van der Waals surface area contributed by atoms with Crippen molar-refractivity contribution in [2.75, 3.05) is 0 Å². The second kappa shape index (κ2) is 5.45. The van der Waals surface area contributed by atoms with Crippen molar-refractivity contribution in [1.82, 2.24) is 5.06 Å². The van der Waals surface area contributed by atoms with E-state index in [0.717, 1.165) is 21.5 Å². The van der Waals surface area contributed by atoms with Gasteiger partial charge in [0.25, 0.3) is 11.8 Å². The normalized spacial score (nSPS) is 14.6. The Labute approximate surface area is 137 Å². The minimum absolute atomic E-state index is 0.0718. The highest BCUT2D eigenvalue weighted by atomic mass is 16.7. The van der Waals surface area contributed by atoms with Crippen LogP contribution in [0.3, 0.4) is 0 Å². The van der Waals surface area contributed by atoms with Crippen molar-refractivity contribution in [2.45, 2.75) is 12.8 Å². The summed E-state index contributed by atoms with van der Waals surface area (Å²) in [6, 6.07) is 16.9. The van der Waals surface area contributed by atoms with E-state index < -0.39 is 17.8 Å². The topological polar surface area (TPSA) is 63.7 Å². The summed E-state index contributed by atoms with van der Waals surface area (Å²) in [6.07, 6.45) is 0.144. The fourth-order valence-electron chi connectivity index (χ4n) is 3.02. The van der Waals surface area contributed by atoms with Crippen molar-refractivity contribution in [1.29, 1.82) is 0 Å². The Balaban J connectivity index is 1.88. The van der Waals surface area contributed by atoms with Crippen LogP contribution in [0.15, 0.2) is 54.6 Å². The summed E-state index contributed by atoms with van der Waals surface area (Å²) in [5, 5.41) is 3.81. The molecular formula is C19H13NO4. The zero-order chi connectivity index (χ0) is 16.7. The number of nitrogens with zero attached hydrogens (tertiary/aromatic N) is 1. The van der Waals surface area contributed by atoms with Crippen LogP contribution in [-0.4, -0.2) is 22.8 Å². The molecule has 0 atom stereocenters.